The summed E-state index contributed by atoms with van der Waals surface area (Å²) in [5, 5.41) is 7.77. The maximum atomic E-state index is 6.89. The molecule has 1 heterocycles. The molecule has 0 aromatic heterocycles. The van der Waals surface area contributed by atoms with Crippen LogP contribution in [0.3, 0.4) is 0 Å². The van der Waals surface area contributed by atoms with Crippen molar-refractivity contribution in [3.8, 4) is 22.6 Å². The summed E-state index contributed by atoms with van der Waals surface area (Å²) in [6.07, 6.45) is 0.790. The molecule has 0 fully saturated rings. The van der Waals surface area contributed by atoms with E-state index in [1.807, 2.05) is 0 Å². The summed E-state index contributed by atoms with van der Waals surface area (Å²) in [7, 11) is -1.82. The number of fused-ring (bicyclic) bond motifs is 3. The van der Waals surface area contributed by atoms with Crippen molar-refractivity contribution in [2.24, 2.45) is 0 Å². The van der Waals surface area contributed by atoms with Crippen LogP contribution in [0.1, 0.15) is 20.3 Å². The van der Waals surface area contributed by atoms with Crippen LogP contribution in [0.5, 0.6) is 11.5 Å². The minimum absolute atomic E-state index is 0.00352. The normalized spacial score (nSPS) is 16.0. The fourth-order valence-electron chi connectivity index (χ4n) is 6.27. The Balaban J connectivity index is 1.57. The first-order valence-corrected chi connectivity index (χ1v) is 18.3. The summed E-state index contributed by atoms with van der Waals surface area (Å²) in [6.45, 7) is 4.32. The molecule has 0 saturated carbocycles. The van der Waals surface area contributed by atoms with Gasteiger partial charge in [0, 0.05) is 17.5 Å². The Labute approximate surface area is 269 Å². The quantitative estimate of drug-likeness (QED) is 0.177. The van der Waals surface area contributed by atoms with E-state index in [0.717, 1.165) is 29.0 Å². The lowest BCUT2D eigenvalue weighted by molar-refractivity contribution is 0.134. The average Bonchev–Trinajstić information content (AvgIpc) is 3.13. The summed E-state index contributed by atoms with van der Waals surface area (Å²) in [4.78, 5) is 0. The van der Waals surface area contributed by atoms with Gasteiger partial charge < -0.3 is 9.47 Å². The molecular weight excluding hydrogens is 586 g/mol. The molecule has 0 saturated heterocycles. The van der Waals surface area contributed by atoms with Crippen molar-refractivity contribution in [2.75, 3.05) is 0 Å². The molecular formula is C41H36O2P2. The van der Waals surface area contributed by atoms with Gasteiger partial charge in [-0.1, -0.05) is 146 Å². The first-order chi connectivity index (χ1) is 22.2. The van der Waals surface area contributed by atoms with Crippen molar-refractivity contribution in [1.82, 2.24) is 0 Å². The smallest absolute Gasteiger partial charge is 0.128 e. The highest BCUT2D eigenvalue weighted by molar-refractivity contribution is 7.80. The van der Waals surface area contributed by atoms with E-state index < -0.39 is 15.8 Å². The fraction of sp³-hybridized carbons (Fsp3) is 0.122. The van der Waals surface area contributed by atoms with Gasteiger partial charge in [0.05, 0.1) is 12.2 Å². The van der Waals surface area contributed by atoms with Crippen LogP contribution in [0.25, 0.3) is 11.1 Å². The topological polar surface area (TPSA) is 18.5 Å². The van der Waals surface area contributed by atoms with Gasteiger partial charge in [-0.05, 0) is 73.7 Å². The molecule has 6 aromatic rings. The monoisotopic (exact) mass is 622 g/mol. The number of ether oxygens (including phenoxy) is 2. The lowest BCUT2D eigenvalue weighted by Crippen LogP contribution is -2.26. The predicted octanol–water partition coefficient (Wildman–Crippen LogP) is 7.81. The summed E-state index contributed by atoms with van der Waals surface area (Å²) in [5.41, 5.74) is 2.28. The molecule has 2 atom stereocenters. The second-order valence-electron chi connectivity index (χ2n) is 11.4. The highest BCUT2D eigenvalue weighted by Gasteiger charge is 2.31. The van der Waals surface area contributed by atoms with Gasteiger partial charge in [-0.25, -0.2) is 0 Å². The van der Waals surface area contributed by atoms with Crippen molar-refractivity contribution >= 4 is 47.7 Å². The zero-order valence-electron chi connectivity index (χ0n) is 25.6. The van der Waals surface area contributed by atoms with Crippen LogP contribution in [0.15, 0.2) is 158 Å². The number of benzene rings is 6. The molecule has 7 rings (SSSR count). The first-order valence-electron chi connectivity index (χ1n) is 15.6. The maximum Gasteiger partial charge on any atom is 0.128 e. The van der Waals surface area contributed by atoms with E-state index in [1.165, 1.54) is 31.8 Å². The number of rotatable bonds is 6. The van der Waals surface area contributed by atoms with Crippen LogP contribution < -0.4 is 41.3 Å². The third-order valence-corrected chi connectivity index (χ3v) is 13.1. The Morgan fingerprint density at radius 3 is 1.02 bits per heavy atom. The van der Waals surface area contributed by atoms with E-state index in [-0.39, 0.29) is 12.2 Å². The van der Waals surface area contributed by atoms with Crippen molar-refractivity contribution in [3.63, 3.8) is 0 Å². The Kier molecular flexibility index (Phi) is 8.79. The third kappa shape index (κ3) is 6.19. The Hall–Kier alpha value is -4.22. The lowest BCUT2D eigenvalue weighted by Gasteiger charge is -2.28. The van der Waals surface area contributed by atoms with Gasteiger partial charge in [-0.2, -0.15) is 0 Å². The van der Waals surface area contributed by atoms with Crippen LogP contribution in [0.2, 0.25) is 0 Å². The molecule has 1 aliphatic heterocycles. The second kappa shape index (κ2) is 13.4. The van der Waals surface area contributed by atoms with E-state index in [0.29, 0.717) is 0 Å². The van der Waals surface area contributed by atoms with E-state index in [4.69, 9.17) is 9.47 Å². The molecule has 6 aromatic carbocycles. The minimum atomic E-state index is -0.908. The Bertz CT molecular complexity index is 1640. The molecule has 2 nitrogen and oxygen atoms in total. The molecule has 0 bridgehead atoms. The second-order valence-corrected chi connectivity index (χ2v) is 15.8. The molecule has 1 aliphatic rings. The maximum absolute atomic E-state index is 6.89. The van der Waals surface area contributed by atoms with E-state index in [2.05, 4.69) is 172 Å². The zero-order valence-corrected chi connectivity index (χ0v) is 27.4. The van der Waals surface area contributed by atoms with Crippen LogP contribution in [-0.2, 0) is 0 Å². The van der Waals surface area contributed by atoms with Crippen LogP contribution in [0.4, 0.5) is 0 Å². The fourth-order valence-corrected chi connectivity index (χ4v) is 11.2. The number of hydrogen-bond donors (Lipinski definition) is 0. The van der Waals surface area contributed by atoms with Gasteiger partial charge in [0.1, 0.15) is 11.5 Å². The average molecular weight is 623 g/mol. The van der Waals surface area contributed by atoms with Crippen molar-refractivity contribution in [3.05, 3.63) is 158 Å². The van der Waals surface area contributed by atoms with Gasteiger partial charge in [0.2, 0.25) is 0 Å². The minimum Gasteiger partial charge on any atom is -0.490 e. The zero-order chi connectivity index (χ0) is 30.6. The molecule has 4 heteroatoms. The Morgan fingerprint density at radius 1 is 0.400 bits per heavy atom. The van der Waals surface area contributed by atoms with Crippen LogP contribution >= 0.6 is 15.8 Å². The molecule has 45 heavy (non-hydrogen) atoms. The van der Waals surface area contributed by atoms with Crippen LogP contribution in [0, 0.1) is 0 Å². The first kappa shape index (κ1) is 29.5. The van der Waals surface area contributed by atoms with Gasteiger partial charge in [-0.3, -0.25) is 0 Å². The molecule has 222 valence electrons. The Morgan fingerprint density at radius 2 is 0.711 bits per heavy atom. The highest BCUT2D eigenvalue weighted by atomic mass is 31.1. The van der Waals surface area contributed by atoms with E-state index in [1.54, 1.807) is 0 Å². The van der Waals surface area contributed by atoms with Gasteiger partial charge >= 0.3 is 0 Å². The van der Waals surface area contributed by atoms with E-state index in [9.17, 15) is 0 Å². The SMILES string of the molecule is C[C@@H]1C[C@H](C)Oc2cccc(P(c3ccccc3)c3ccccc3)c2-c2c(cccc2P(c2ccccc2)c2ccccc2)O1. The lowest BCUT2D eigenvalue weighted by atomic mass is 10.0. The van der Waals surface area contributed by atoms with Gasteiger partial charge in [0.25, 0.3) is 0 Å². The predicted molar refractivity (Wildman–Crippen MR) is 194 cm³/mol. The van der Waals surface area contributed by atoms with E-state index >= 15 is 0 Å². The summed E-state index contributed by atoms with van der Waals surface area (Å²) >= 11 is 0. The summed E-state index contributed by atoms with van der Waals surface area (Å²) in [5.74, 6) is 1.84. The molecule has 0 aliphatic carbocycles. The summed E-state index contributed by atoms with van der Waals surface area (Å²) in [6, 6.07) is 57.0. The molecule has 0 radical (unpaired) electrons. The molecule has 0 N–H and O–H groups in total. The highest BCUT2D eigenvalue weighted by Crippen LogP contribution is 2.48. The largest absolute Gasteiger partial charge is 0.490 e. The van der Waals surface area contributed by atoms with Crippen molar-refractivity contribution in [2.45, 2.75) is 32.5 Å². The molecule has 0 unspecified atom stereocenters. The van der Waals surface area contributed by atoms with Crippen molar-refractivity contribution < 1.29 is 9.47 Å². The van der Waals surface area contributed by atoms with Gasteiger partial charge in [0.15, 0.2) is 0 Å². The number of hydrogen-bond acceptors (Lipinski definition) is 2. The van der Waals surface area contributed by atoms with Crippen molar-refractivity contribution in [1.29, 1.82) is 0 Å². The molecule has 0 spiro atoms. The molecule has 0 amide bonds. The standard InChI is InChI=1S/C41H36O2P2/c1-30-29-31(2)43-37-26-16-28-39(45(34-21-11-5-12-22-34)35-23-13-6-14-24-35)41(37)40-36(42-30)25-15-27-38(40)44(32-17-7-3-8-18-32)33-19-9-4-10-20-33/h3-28,30-31H,29H2,1-2H3/t30-,31+. The van der Waals surface area contributed by atoms with Gasteiger partial charge in [-0.15, -0.1) is 0 Å². The summed E-state index contributed by atoms with van der Waals surface area (Å²) < 4.78 is 13.8. The van der Waals surface area contributed by atoms with Crippen LogP contribution in [-0.4, -0.2) is 12.2 Å². The third-order valence-electron chi connectivity index (χ3n) is 8.12.